The van der Waals surface area contributed by atoms with Crippen LogP contribution in [0.3, 0.4) is 0 Å². The lowest BCUT2D eigenvalue weighted by Gasteiger charge is -2.35. The van der Waals surface area contributed by atoms with Gasteiger partial charge in [-0.05, 0) is 61.9 Å². The summed E-state index contributed by atoms with van der Waals surface area (Å²) in [6.45, 7) is 17.1. The van der Waals surface area contributed by atoms with E-state index in [4.69, 9.17) is 25.8 Å². The van der Waals surface area contributed by atoms with Crippen molar-refractivity contribution in [3.05, 3.63) is 92.8 Å². The number of nitrogens with one attached hydrogen (secondary N) is 4. The molecule has 2 aromatic carbocycles. The lowest BCUT2D eigenvalue weighted by Crippen LogP contribution is -2.56. The maximum atomic E-state index is 14.0. The molecule has 2 aliphatic rings. The predicted molar refractivity (Wildman–Crippen MR) is 288 cm³/mol. The van der Waals surface area contributed by atoms with Gasteiger partial charge in [-0.3, -0.25) is 19.2 Å². The molecule has 1 unspecified atom stereocenters. The number of carbonyl (C=O) groups is 4. The van der Waals surface area contributed by atoms with Crippen molar-refractivity contribution in [1.82, 2.24) is 40.4 Å². The van der Waals surface area contributed by atoms with Gasteiger partial charge in [-0.15, -0.1) is 11.3 Å². The Bertz CT molecular complexity index is 2650. The number of carbonyl (C=O) groups excluding carboxylic acids is 4. The highest BCUT2D eigenvalue weighted by atomic mass is 35.5. The van der Waals surface area contributed by atoms with E-state index in [1.807, 2.05) is 94.4 Å². The number of amides is 4. The van der Waals surface area contributed by atoms with Crippen molar-refractivity contribution in [2.45, 2.75) is 85.5 Å². The number of anilines is 4. The Kier molecular flexibility index (Phi) is 20.2. The molecule has 7 rings (SSSR count). The number of aliphatic hydroxyl groups excluding tert-OH is 1. The molecule has 0 bridgehead atoms. The molecule has 3 aromatic heterocycles. The second-order valence-corrected chi connectivity index (χ2v) is 21.6. The zero-order valence-electron chi connectivity index (χ0n) is 42.9. The van der Waals surface area contributed by atoms with Gasteiger partial charge in [-0.2, -0.15) is 0 Å². The first-order chi connectivity index (χ1) is 35.5. The number of β-amino-alcohol motifs (C(OH)–C–C–N with tert-alkyl or cyclic N) is 1. The second kappa shape index (κ2) is 26.7. The van der Waals surface area contributed by atoms with Gasteiger partial charge in [0.2, 0.25) is 17.7 Å². The van der Waals surface area contributed by atoms with Gasteiger partial charge in [0, 0.05) is 58.4 Å². The number of benzene rings is 2. The average Bonchev–Trinajstić information content (AvgIpc) is 4.14. The molecule has 2 aliphatic heterocycles. The highest BCUT2D eigenvalue weighted by molar-refractivity contribution is 7.17. The Morgan fingerprint density at radius 1 is 0.905 bits per heavy atom. The number of likely N-dealkylation sites (tertiary alicyclic amines) is 1. The molecule has 398 valence electrons. The third-order valence-corrected chi connectivity index (χ3v) is 14.8. The Hall–Kier alpha value is -5.65. The molecule has 2 fully saturated rings. The fraction of sp³-hybridized carbons (Fsp3) is 0.500. The fourth-order valence-electron chi connectivity index (χ4n) is 8.65. The molecule has 74 heavy (non-hydrogen) atoms. The SMILES string of the molecule is Cc1nc(Nc2ncc(C(=O)Nc3c(C)cccc3Cl)s2)cc(N2CCN(C(=O)CCOCCOCCOCCCNC(C(=O)N3C[C@H](O)C[C@H]3C(=O)NCc3ccc(-c4scnc4C)cc3)C(C)(C)C)CC2)n1. The van der Waals surface area contributed by atoms with Crippen LogP contribution in [-0.2, 0) is 35.1 Å². The van der Waals surface area contributed by atoms with Gasteiger partial charge in [0.1, 0.15) is 28.4 Å². The number of nitrogens with zero attached hydrogens (tertiary/aromatic N) is 7. The van der Waals surface area contributed by atoms with E-state index in [0.29, 0.717) is 118 Å². The van der Waals surface area contributed by atoms with Crippen LogP contribution < -0.4 is 26.2 Å². The highest BCUT2D eigenvalue weighted by Gasteiger charge is 2.43. The first-order valence-corrected chi connectivity index (χ1v) is 27.0. The summed E-state index contributed by atoms with van der Waals surface area (Å²) in [5.74, 6) is 1.07. The van der Waals surface area contributed by atoms with Crippen molar-refractivity contribution >= 4 is 80.4 Å². The molecule has 0 aliphatic carbocycles. The maximum Gasteiger partial charge on any atom is 0.267 e. The lowest BCUT2D eigenvalue weighted by atomic mass is 9.85. The van der Waals surface area contributed by atoms with E-state index < -0.39 is 23.6 Å². The van der Waals surface area contributed by atoms with Crippen LogP contribution in [0, 0.1) is 26.2 Å². The van der Waals surface area contributed by atoms with Crippen LogP contribution in [0.5, 0.6) is 0 Å². The Morgan fingerprint density at radius 2 is 1.62 bits per heavy atom. The summed E-state index contributed by atoms with van der Waals surface area (Å²) < 4.78 is 17.1. The smallest absolute Gasteiger partial charge is 0.267 e. The topological polar surface area (TPSA) is 226 Å². The molecule has 5 heterocycles. The van der Waals surface area contributed by atoms with Gasteiger partial charge in [0.05, 0.1) is 84.6 Å². The summed E-state index contributed by atoms with van der Waals surface area (Å²) in [5, 5.41) is 24.0. The lowest BCUT2D eigenvalue weighted by molar-refractivity contribution is -0.142. The number of para-hydroxylation sites is 1. The summed E-state index contributed by atoms with van der Waals surface area (Å²) in [5.41, 5.74) is 5.79. The largest absolute Gasteiger partial charge is 0.391 e. The first-order valence-electron chi connectivity index (χ1n) is 24.9. The van der Waals surface area contributed by atoms with Crippen molar-refractivity contribution in [3.63, 3.8) is 0 Å². The zero-order valence-corrected chi connectivity index (χ0v) is 45.3. The monoisotopic (exact) mass is 1070 g/mol. The molecule has 19 nitrogen and oxygen atoms in total. The molecule has 0 radical (unpaired) electrons. The zero-order chi connectivity index (χ0) is 52.8. The molecule has 0 saturated carbocycles. The van der Waals surface area contributed by atoms with Gasteiger partial charge < -0.3 is 55.3 Å². The van der Waals surface area contributed by atoms with E-state index in [0.717, 1.165) is 33.1 Å². The summed E-state index contributed by atoms with van der Waals surface area (Å²) in [6, 6.07) is 13.9. The van der Waals surface area contributed by atoms with E-state index >= 15 is 0 Å². The molecule has 5 aromatic rings. The normalized spacial score (nSPS) is 16.4. The maximum absolute atomic E-state index is 14.0. The molecule has 22 heteroatoms. The third-order valence-electron chi connectivity index (χ3n) is 12.6. The molecule has 2 saturated heterocycles. The number of piperazine rings is 1. The van der Waals surface area contributed by atoms with Crippen molar-refractivity contribution in [3.8, 4) is 10.4 Å². The minimum atomic E-state index is -0.784. The fourth-order valence-corrected chi connectivity index (χ4v) is 10.4. The number of thiazole rings is 2. The molecule has 0 spiro atoms. The Balaban J connectivity index is 0.724. The molecular weight excluding hydrogens is 1010 g/mol. The molecular formula is C52H68ClN11O8S2. The number of hydrogen-bond acceptors (Lipinski definition) is 17. The number of halogens is 1. The summed E-state index contributed by atoms with van der Waals surface area (Å²) in [7, 11) is 0. The van der Waals surface area contributed by atoms with E-state index in [-0.39, 0.29) is 43.0 Å². The minimum Gasteiger partial charge on any atom is -0.391 e. The van der Waals surface area contributed by atoms with Crippen LogP contribution in [0.1, 0.15) is 72.4 Å². The summed E-state index contributed by atoms with van der Waals surface area (Å²) in [4.78, 5) is 78.2. The van der Waals surface area contributed by atoms with Gasteiger partial charge in [-0.25, -0.2) is 19.9 Å². The third kappa shape index (κ3) is 15.7. The first kappa shape index (κ1) is 56.1. The predicted octanol–water partition coefficient (Wildman–Crippen LogP) is 6.39. The van der Waals surface area contributed by atoms with Crippen LogP contribution in [0.15, 0.2) is 60.2 Å². The van der Waals surface area contributed by atoms with Crippen LogP contribution in [0.25, 0.3) is 10.4 Å². The number of aryl methyl sites for hydroxylation is 3. The van der Waals surface area contributed by atoms with Gasteiger partial charge in [-0.1, -0.05) is 80.1 Å². The van der Waals surface area contributed by atoms with Gasteiger partial charge >= 0.3 is 0 Å². The number of aliphatic hydroxyl groups is 1. The number of rotatable bonds is 24. The van der Waals surface area contributed by atoms with Crippen LogP contribution >= 0.6 is 34.3 Å². The minimum absolute atomic E-state index is 0.0275. The number of hydrogen-bond donors (Lipinski definition) is 5. The Morgan fingerprint density at radius 3 is 2.31 bits per heavy atom. The Labute approximate surface area is 445 Å². The van der Waals surface area contributed by atoms with Crippen LogP contribution in [0.4, 0.5) is 22.5 Å². The van der Waals surface area contributed by atoms with Crippen LogP contribution in [0.2, 0.25) is 5.02 Å². The number of aromatic nitrogens is 4. The average molecular weight is 1070 g/mol. The quantitative estimate of drug-likeness (QED) is 0.0422. The van der Waals surface area contributed by atoms with Crippen molar-refractivity contribution in [1.29, 1.82) is 0 Å². The standard InChI is InChI=1S/C52H68ClN11O8S2/c1-33-9-7-10-39(53)45(33)61-49(68)41-30-56-51(74-41)60-42-28-43(59-35(3)58-42)62-17-19-63(20-18-62)44(66)15-22-71-24-26-72-25-23-70-21-8-16-54-47(52(4,5)6)50(69)64-31-38(65)27-40(64)48(67)55-29-36-11-13-37(14-12-36)46-34(2)57-32-73-46/h7,9-14,28,30,32,38,40,47,54,65H,8,15-27,29,31H2,1-6H3,(H,55,67)(H,61,68)(H,56,58,59,60)/t38-,40+,47?/m1/s1. The summed E-state index contributed by atoms with van der Waals surface area (Å²) >= 11 is 9.09. The van der Waals surface area contributed by atoms with Crippen molar-refractivity contribution in [2.75, 3.05) is 94.4 Å². The number of ether oxygens (including phenoxy) is 3. The van der Waals surface area contributed by atoms with Gasteiger partial charge in [0.15, 0.2) is 5.13 Å². The van der Waals surface area contributed by atoms with Crippen molar-refractivity contribution in [2.24, 2.45) is 5.41 Å². The molecule has 5 N–H and O–H groups in total. The highest BCUT2D eigenvalue weighted by Crippen LogP contribution is 2.31. The van der Waals surface area contributed by atoms with Crippen molar-refractivity contribution < 1.29 is 38.5 Å². The van der Waals surface area contributed by atoms with E-state index in [2.05, 4.69) is 46.1 Å². The second-order valence-electron chi connectivity index (χ2n) is 19.3. The van der Waals surface area contributed by atoms with E-state index in [1.165, 1.54) is 22.4 Å². The summed E-state index contributed by atoms with van der Waals surface area (Å²) in [6.07, 6.45) is 1.83. The molecule has 3 atom stereocenters. The van der Waals surface area contributed by atoms with Crippen LogP contribution in [-0.4, -0.2) is 156 Å². The van der Waals surface area contributed by atoms with E-state index in [1.54, 1.807) is 17.4 Å². The van der Waals surface area contributed by atoms with Gasteiger partial charge in [0.25, 0.3) is 5.91 Å². The molecule has 4 amide bonds. The van der Waals surface area contributed by atoms with E-state index in [9.17, 15) is 24.3 Å².